The van der Waals surface area contributed by atoms with Gasteiger partial charge in [-0.15, -0.1) is 0 Å². The second-order valence-corrected chi connectivity index (χ2v) is 6.18. The summed E-state index contributed by atoms with van der Waals surface area (Å²) in [6.07, 6.45) is 5.10. The Morgan fingerprint density at radius 3 is 2.92 bits per heavy atom. The Balaban J connectivity index is 1.50. The van der Waals surface area contributed by atoms with Gasteiger partial charge in [0.2, 0.25) is 0 Å². The number of nitrogens with zero attached hydrogens (tertiary/aromatic N) is 2. The average molecular weight is 321 g/mol. The van der Waals surface area contributed by atoms with Crippen molar-refractivity contribution >= 4 is 5.91 Å². The van der Waals surface area contributed by atoms with Crippen molar-refractivity contribution in [2.24, 2.45) is 0 Å². The van der Waals surface area contributed by atoms with Gasteiger partial charge in [-0.2, -0.15) is 5.10 Å². The number of carbonyl (C=O) groups is 1. The van der Waals surface area contributed by atoms with Crippen LogP contribution in [0, 0.1) is 0 Å². The first-order valence-electron chi connectivity index (χ1n) is 8.23. The number of likely N-dealkylation sites (tertiary alicyclic amines) is 1. The molecule has 1 aliphatic rings. The van der Waals surface area contributed by atoms with Crippen LogP contribution < -0.4 is 0 Å². The third kappa shape index (κ3) is 2.85. The molecule has 2 aromatic heterocycles. The maximum absolute atomic E-state index is 12.5. The Morgan fingerprint density at radius 1 is 1.25 bits per heavy atom. The van der Waals surface area contributed by atoms with Crippen LogP contribution in [0.5, 0.6) is 0 Å². The number of piperidine rings is 1. The van der Waals surface area contributed by atoms with Gasteiger partial charge in [0.05, 0.1) is 17.5 Å². The maximum Gasteiger partial charge on any atom is 0.257 e. The van der Waals surface area contributed by atoms with Crippen molar-refractivity contribution in [2.45, 2.75) is 18.8 Å². The first-order chi connectivity index (χ1) is 11.8. The molecule has 3 heterocycles. The third-order valence-electron chi connectivity index (χ3n) is 4.58. The minimum atomic E-state index is 0.0382. The number of aromatic amines is 1. The number of amides is 1. The quantitative estimate of drug-likeness (QED) is 0.800. The second-order valence-electron chi connectivity index (χ2n) is 6.18. The summed E-state index contributed by atoms with van der Waals surface area (Å²) in [6.45, 7) is 1.50. The standard InChI is InChI=1S/C19H19N3O2/c23-19(16-8-10-24-13-16)22-9-4-7-15(12-22)18-11-17(20-21-18)14-5-2-1-3-6-14/h1-3,5-6,8,10-11,13,15H,4,7,9,12H2,(H,20,21). The van der Waals surface area contributed by atoms with Gasteiger partial charge in [-0.05, 0) is 25.0 Å². The molecule has 5 nitrogen and oxygen atoms in total. The molecule has 24 heavy (non-hydrogen) atoms. The Bertz CT molecular complexity index is 808. The summed E-state index contributed by atoms with van der Waals surface area (Å²) in [7, 11) is 0. The average Bonchev–Trinajstić information content (AvgIpc) is 3.34. The van der Waals surface area contributed by atoms with Crippen molar-refractivity contribution < 1.29 is 9.21 Å². The number of furan rings is 1. The maximum atomic E-state index is 12.5. The molecular weight excluding hydrogens is 302 g/mol. The van der Waals surface area contributed by atoms with Gasteiger partial charge in [-0.1, -0.05) is 30.3 Å². The van der Waals surface area contributed by atoms with E-state index >= 15 is 0 Å². The van der Waals surface area contributed by atoms with Crippen molar-refractivity contribution in [1.82, 2.24) is 15.1 Å². The Labute approximate surface area is 140 Å². The molecule has 1 amide bonds. The van der Waals surface area contributed by atoms with Crippen molar-refractivity contribution in [3.8, 4) is 11.3 Å². The van der Waals surface area contributed by atoms with Crippen LogP contribution >= 0.6 is 0 Å². The van der Waals surface area contributed by atoms with Gasteiger partial charge in [0, 0.05) is 30.3 Å². The minimum absolute atomic E-state index is 0.0382. The fourth-order valence-electron chi connectivity index (χ4n) is 3.29. The highest BCUT2D eigenvalue weighted by Gasteiger charge is 2.27. The lowest BCUT2D eigenvalue weighted by Gasteiger charge is -2.32. The number of aromatic nitrogens is 2. The van der Waals surface area contributed by atoms with Crippen molar-refractivity contribution in [1.29, 1.82) is 0 Å². The van der Waals surface area contributed by atoms with Gasteiger partial charge < -0.3 is 9.32 Å². The molecule has 1 saturated heterocycles. The number of nitrogens with one attached hydrogen (secondary N) is 1. The molecule has 0 bridgehead atoms. The predicted molar refractivity (Wildman–Crippen MR) is 90.6 cm³/mol. The van der Waals surface area contributed by atoms with E-state index in [9.17, 15) is 4.79 Å². The molecule has 0 saturated carbocycles. The van der Waals surface area contributed by atoms with Crippen molar-refractivity contribution in [3.63, 3.8) is 0 Å². The first-order valence-corrected chi connectivity index (χ1v) is 8.23. The second kappa shape index (κ2) is 6.35. The highest BCUT2D eigenvalue weighted by molar-refractivity contribution is 5.93. The highest BCUT2D eigenvalue weighted by Crippen LogP contribution is 2.29. The van der Waals surface area contributed by atoms with E-state index in [-0.39, 0.29) is 5.91 Å². The molecule has 0 spiro atoms. The lowest BCUT2D eigenvalue weighted by molar-refractivity contribution is 0.0705. The minimum Gasteiger partial charge on any atom is -0.472 e. The third-order valence-corrected chi connectivity index (χ3v) is 4.58. The molecule has 0 aliphatic carbocycles. The molecular formula is C19H19N3O2. The fraction of sp³-hybridized carbons (Fsp3) is 0.263. The Morgan fingerprint density at radius 2 is 2.12 bits per heavy atom. The smallest absolute Gasteiger partial charge is 0.257 e. The van der Waals surface area contributed by atoms with Crippen LogP contribution in [-0.4, -0.2) is 34.1 Å². The van der Waals surface area contributed by atoms with E-state index in [1.807, 2.05) is 23.1 Å². The molecule has 3 aromatic rings. The first kappa shape index (κ1) is 14.8. The lowest BCUT2D eigenvalue weighted by atomic mass is 9.94. The van der Waals surface area contributed by atoms with Crippen LogP contribution in [0.3, 0.4) is 0 Å². The summed E-state index contributed by atoms with van der Waals surface area (Å²) < 4.78 is 5.03. The number of hydrogen-bond acceptors (Lipinski definition) is 3. The van der Waals surface area contributed by atoms with E-state index in [2.05, 4.69) is 28.4 Å². The number of rotatable bonds is 3. The highest BCUT2D eigenvalue weighted by atomic mass is 16.3. The fourth-order valence-corrected chi connectivity index (χ4v) is 3.29. The SMILES string of the molecule is O=C(c1ccoc1)N1CCCC(c2cc(-c3ccccc3)n[nH]2)C1. The molecule has 5 heteroatoms. The Kier molecular flexibility index (Phi) is 3.91. The zero-order valence-corrected chi connectivity index (χ0v) is 13.3. The molecule has 1 aliphatic heterocycles. The summed E-state index contributed by atoms with van der Waals surface area (Å²) in [5, 5.41) is 7.60. The van der Waals surface area contributed by atoms with E-state index in [0.717, 1.165) is 36.3 Å². The van der Waals surface area contributed by atoms with Gasteiger partial charge in [0.1, 0.15) is 6.26 Å². The van der Waals surface area contributed by atoms with Gasteiger partial charge in [0.25, 0.3) is 5.91 Å². The molecule has 1 unspecified atom stereocenters. The van der Waals surface area contributed by atoms with E-state index < -0.39 is 0 Å². The molecule has 1 atom stereocenters. The number of benzene rings is 1. The van der Waals surface area contributed by atoms with Gasteiger partial charge in [-0.3, -0.25) is 9.89 Å². The number of hydrogen-bond donors (Lipinski definition) is 1. The largest absolute Gasteiger partial charge is 0.472 e. The normalized spacial score (nSPS) is 17.8. The van der Waals surface area contributed by atoms with E-state index in [0.29, 0.717) is 18.0 Å². The van der Waals surface area contributed by atoms with E-state index in [1.54, 1.807) is 6.07 Å². The predicted octanol–water partition coefficient (Wildman–Crippen LogP) is 3.69. The summed E-state index contributed by atoms with van der Waals surface area (Å²) in [5.41, 5.74) is 3.76. The van der Waals surface area contributed by atoms with Crippen LogP contribution in [-0.2, 0) is 0 Å². The van der Waals surface area contributed by atoms with Crippen LogP contribution in [0.25, 0.3) is 11.3 Å². The van der Waals surface area contributed by atoms with E-state index in [4.69, 9.17) is 4.42 Å². The van der Waals surface area contributed by atoms with Gasteiger partial charge in [-0.25, -0.2) is 0 Å². The number of H-pyrrole nitrogens is 1. The molecule has 1 fully saturated rings. The molecule has 4 rings (SSSR count). The molecule has 1 aromatic carbocycles. The summed E-state index contributed by atoms with van der Waals surface area (Å²) >= 11 is 0. The van der Waals surface area contributed by atoms with E-state index in [1.165, 1.54) is 12.5 Å². The number of carbonyl (C=O) groups excluding carboxylic acids is 1. The van der Waals surface area contributed by atoms with Crippen LogP contribution in [0.1, 0.15) is 34.8 Å². The monoisotopic (exact) mass is 321 g/mol. The molecule has 122 valence electrons. The van der Waals surface area contributed by atoms with Crippen LogP contribution in [0.4, 0.5) is 0 Å². The molecule has 1 N–H and O–H groups in total. The van der Waals surface area contributed by atoms with Crippen molar-refractivity contribution in [2.75, 3.05) is 13.1 Å². The van der Waals surface area contributed by atoms with Gasteiger partial charge in [0.15, 0.2) is 0 Å². The topological polar surface area (TPSA) is 62.1 Å². The summed E-state index contributed by atoms with van der Waals surface area (Å²) in [5.74, 6) is 0.329. The summed E-state index contributed by atoms with van der Waals surface area (Å²) in [6, 6.07) is 13.9. The molecule has 0 radical (unpaired) electrons. The lowest BCUT2D eigenvalue weighted by Crippen LogP contribution is -2.39. The Hall–Kier alpha value is -2.82. The van der Waals surface area contributed by atoms with Gasteiger partial charge >= 0.3 is 0 Å². The van der Waals surface area contributed by atoms with Crippen molar-refractivity contribution in [3.05, 3.63) is 66.2 Å². The summed E-state index contributed by atoms with van der Waals surface area (Å²) in [4.78, 5) is 14.4. The van der Waals surface area contributed by atoms with Crippen LogP contribution in [0.2, 0.25) is 0 Å². The van der Waals surface area contributed by atoms with Crippen LogP contribution in [0.15, 0.2) is 59.4 Å². The zero-order chi connectivity index (χ0) is 16.4. The zero-order valence-electron chi connectivity index (χ0n) is 13.3.